The third kappa shape index (κ3) is 926. The highest BCUT2D eigenvalue weighted by Crippen LogP contribution is 1.98. The number of carboxylic acid groups (broad SMARTS) is 8. The average Bonchev–Trinajstić information content (AvgIpc) is 2.68. The van der Waals surface area contributed by atoms with E-state index in [0.29, 0.717) is 0 Å². The van der Waals surface area contributed by atoms with Gasteiger partial charge in [0.05, 0.1) is 0 Å². The molecule has 1 rings (SSSR count). The van der Waals surface area contributed by atoms with Gasteiger partial charge in [0.2, 0.25) is 0 Å². The van der Waals surface area contributed by atoms with Crippen LogP contribution in [0.1, 0.15) is 12.8 Å². The molecule has 0 aromatic rings. The van der Waals surface area contributed by atoms with Crippen molar-refractivity contribution in [2.24, 2.45) is 0 Å². The summed E-state index contributed by atoms with van der Waals surface area (Å²) in [6.45, 7) is 2.00. The van der Waals surface area contributed by atoms with Crippen LogP contribution in [0.15, 0.2) is 0 Å². The van der Waals surface area contributed by atoms with E-state index in [-0.39, 0.29) is 0 Å². The van der Waals surface area contributed by atoms with Gasteiger partial charge < -0.3 is 45.6 Å². The largest absolute Gasteiger partial charge is 0.503 e. The first-order valence-corrected chi connectivity index (χ1v) is 4.68. The van der Waals surface area contributed by atoms with Crippen LogP contribution in [-0.2, 0) is 4.74 Å². The third-order valence-electron chi connectivity index (χ3n) is 0.827. The molecular formula is C8H16O13. The highest BCUT2D eigenvalue weighted by Gasteiger charge is 1.94. The van der Waals surface area contributed by atoms with Crippen molar-refractivity contribution in [3.05, 3.63) is 0 Å². The molecule has 0 spiro atoms. The summed E-state index contributed by atoms with van der Waals surface area (Å²) in [5, 5.41) is 55.8. The van der Waals surface area contributed by atoms with Gasteiger partial charge in [0.15, 0.2) is 0 Å². The van der Waals surface area contributed by atoms with E-state index in [1.807, 2.05) is 0 Å². The fourth-order valence-electron chi connectivity index (χ4n) is 0.510. The summed E-state index contributed by atoms with van der Waals surface area (Å²) in [6, 6.07) is 0. The minimum absolute atomic E-state index is 1.00. The summed E-state index contributed by atoms with van der Waals surface area (Å²) < 4.78 is 4.94. The maximum absolute atomic E-state index is 8.56. The second kappa shape index (κ2) is 22.2. The van der Waals surface area contributed by atoms with Crippen molar-refractivity contribution in [3.8, 4) is 0 Å². The molecule has 1 aliphatic heterocycles. The summed E-state index contributed by atoms with van der Waals surface area (Å²) in [5.74, 6) is 0. The lowest BCUT2D eigenvalue weighted by Gasteiger charge is -1.76. The molecule has 1 heterocycles. The van der Waals surface area contributed by atoms with Crippen LogP contribution in [0.5, 0.6) is 0 Å². The lowest BCUT2D eigenvalue weighted by atomic mass is 10.4. The van der Waals surface area contributed by atoms with E-state index >= 15 is 0 Å². The Hall–Kier alpha value is -2.96. The summed E-state index contributed by atoms with van der Waals surface area (Å²) >= 11 is 0. The highest BCUT2D eigenvalue weighted by molar-refractivity contribution is 5.54. The van der Waals surface area contributed by atoms with Crippen molar-refractivity contribution >= 4 is 24.6 Å². The summed E-state index contributed by atoms with van der Waals surface area (Å²) in [7, 11) is 0. The quantitative estimate of drug-likeness (QED) is 0.317. The zero-order valence-corrected chi connectivity index (χ0v) is 10.4. The number of ether oxygens (including phenoxy) is 1. The first-order chi connectivity index (χ1) is 9.43. The third-order valence-corrected chi connectivity index (χ3v) is 0.827. The molecule has 0 atom stereocenters. The first kappa shape index (κ1) is 26.6. The second-order valence-corrected chi connectivity index (χ2v) is 2.45. The molecule has 0 unspecified atom stereocenters. The minimum atomic E-state index is -1.83. The van der Waals surface area contributed by atoms with Gasteiger partial charge in [-0.2, -0.15) is 0 Å². The molecule has 0 aliphatic carbocycles. The Morgan fingerprint density at radius 2 is 0.667 bits per heavy atom. The zero-order chi connectivity index (χ0) is 17.8. The lowest BCUT2D eigenvalue weighted by Crippen LogP contribution is -1.81. The Bertz CT molecular complexity index is 210. The molecule has 1 fully saturated rings. The van der Waals surface area contributed by atoms with Crippen LogP contribution in [0, 0.1) is 0 Å². The minimum Gasteiger partial charge on any atom is -0.450 e. The van der Waals surface area contributed by atoms with Crippen molar-refractivity contribution in [1.82, 2.24) is 0 Å². The zero-order valence-electron chi connectivity index (χ0n) is 10.4. The molecule has 0 radical (unpaired) electrons. The van der Waals surface area contributed by atoms with E-state index in [2.05, 4.69) is 0 Å². The average molecular weight is 320 g/mol. The van der Waals surface area contributed by atoms with Crippen molar-refractivity contribution in [2.45, 2.75) is 12.8 Å². The van der Waals surface area contributed by atoms with Crippen LogP contribution in [0.2, 0.25) is 0 Å². The summed E-state index contributed by atoms with van der Waals surface area (Å²) in [6.07, 6.45) is -4.78. The van der Waals surface area contributed by atoms with E-state index in [0.717, 1.165) is 13.2 Å². The van der Waals surface area contributed by atoms with E-state index in [9.17, 15) is 0 Å². The van der Waals surface area contributed by atoms with Gasteiger partial charge in [0.25, 0.3) is 0 Å². The molecule has 0 aromatic carbocycles. The van der Waals surface area contributed by atoms with Gasteiger partial charge in [-0.3, -0.25) is 0 Å². The predicted molar refractivity (Wildman–Crippen MR) is 62.7 cm³/mol. The van der Waals surface area contributed by atoms with Gasteiger partial charge in [0, 0.05) is 13.2 Å². The molecule has 1 aliphatic rings. The fourth-order valence-corrected chi connectivity index (χ4v) is 0.510. The standard InChI is InChI=1S/C4H8O.4CH2O3/c1-2-4-5-3-1;4*2-1(3)4/h1-4H2;4*(H2,2,3,4). The molecule has 13 nitrogen and oxygen atoms in total. The van der Waals surface area contributed by atoms with Crippen molar-refractivity contribution in [2.75, 3.05) is 13.2 Å². The Labute approximate surface area is 116 Å². The monoisotopic (exact) mass is 320 g/mol. The molecule has 0 saturated carbocycles. The molecule has 0 bridgehead atoms. The number of carbonyl (C=O) groups is 4. The van der Waals surface area contributed by atoms with Gasteiger partial charge in [-0.1, -0.05) is 0 Å². The Kier molecular flexibility index (Phi) is 28.1. The Balaban J connectivity index is -0.0000000866. The van der Waals surface area contributed by atoms with Crippen LogP contribution in [0.25, 0.3) is 0 Å². The highest BCUT2D eigenvalue weighted by atomic mass is 16.6. The van der Waals surface area contributed by atoms with Crippen LogP contribution >= 0.6 is 0 Å². The molecule has 8 N–H and O–H groups in total. The molecule has 21 heavy (non-hydrogen) atoms. The molecule has 1 saturated heterocycles. The van der Waals surface area contributed by atoms with Gasteiger partial charge in [0.1, 0.15) is 0 Å². The maximum Gasteiger partial charge on any atom is 0.503 e. The SMILES string of the molecule is C1CCOC1.O=C(O)O.O=C(O)O.O=C(O)O.O=C(O)O. The Morgan fingerprint density at radius 1 is 0.524 bits per heavy atom. The fraction of sp³-hybridized carbons (Fsp3) is 0.500. The number of hydrogen-bond acceptors (Lipinski definition) is 5. The van der Waals surface area contributed by atoms with Crippen LogP contribution in [-0.4, -0.2) is 78.7 Å². The van der Waals surface area contributed by atoms with Crippen LogP contribution in [0.4, 0.5) is 19.2 Å². The van der Waals surface area contributed by atoms with Crippen molar-refractivity contribution < 1.29 is 64.8 Å². The van der Waals surface area contributed by atoms with Crippen molar-refractivity contribution in [1.29, 1.82) is 0 Å². The molecule has 0 aromatic heterocycles. The van der Waals surface area contributed by atoms with Gasteiger partial charge in [-0.25, -0.2) is 19.2 Å². The summed E-state index contributed by atoms with van der Waals surface area (Å²) in [5.41, 5.74) is 0. The lowest BCUT2D eigenvalue weighted by molar-refractivity contribution is 0.135. The smallest absolute Gasteiger partial charge is 0.450 e. The van der Waals surface area contributed by atoms with E-state index < -0.39 is 24.6 Å². The summed E-state index contributed by atoms with van der Waals surface area (Å²) in [4.78, 5) is 34.2. The normalized spacial score (nSPS) is 10.3. The number of rotatable bonds is 0. The molecule has 0 amide bonds. The molecule has 126 valence electrons. The molecular weight excluding hydrogens is 304 g/mol. The van der Waals surface area contributed by atoms with Gasteiger partial charge >= 0.3 is 24.6 Å². The Morgan fingerprint density at radius 3 is 0.714 bits per heavy atom. The van der Waals surface area contributed by atoms with E-state index in [1.54, 1.807) is 0 Å². The predicted octanol–water partition coefficient (Wildman–Crippen LogP) is 1.69. The van der Waals surface area contributed by atoms with Gasteiger partial charge in [-0.15, -0.1) is 0 Å². The maximum atomic E-state index is 8.56. The van der Waals surface area contributed by atoms with Gasteiger partial charge in [-0.05, 0) is 12.8 Å². The van der Waals surface area contributed by atoms with E-state index in [4.69, 9.17) is 64.8 Å². The first-order valence-electron chi connectivity index (χ1n) is 4.68. The molecule has 13 heteroatoms. The second-order valence-electron chi connectivity index (χ2n) is 2.45. The topological polar surface area (TPSA) is 239 Å². The van der Waals surface area contributed by atoms with Crippen LogP contribution < -0.4 is 0 Å². The van der Waals surface area contributed by atoms with Crippen molar-refractivity contribution in [3.63, 3.8) is 0 Å². The van der Waals surface area contributed by atoms with Crippen LogP contribution in [0.3, 0.4) is 0 Å². The number of hydrogen-bond donors (Lipinski definition) is 8. The van der Waals surface area contributed by atoms with E-state index in [1.165, 1.54) is 12.8 Å².